The van der Waals surface area contributed by atoms with Crippen molar-refractivity contribution in [2.75, 3.05) is 0 Å². The lowest BCUT2D eigenvalue weighted by atomic mass is 9.97. The Morgan fingerprint density at radius 3 is 2.89 bits per heavy atom. The Morgan fingerprint density at radius 2 is 2.26 bits per heavy atom. The van der Waals surface area contributed by atoms with Crippen molar-refractivity contribution in [3.05, 3.63) is 16.4 Å². The van der Waals surface area contributed by atoms with Gasteiger partial charge in [-0.1, -0.05) is 32.6 Å². The number of hydrogen-bond donors (Lipinski definition) is 2. The summed E-state index contributed by atoms with van der Waals surface area (Å²) < 4.78 is 3.14. The van der Waals surface area contributed by atoms with Crippen molar-refractivity contribution < 1.29 is 0 Å². The minimum Gasteiger partial charge on any atom is -0.271 e. The molecule has 0 amide bonds. The van der Waals surface area contributed by atoms with E-state index in [4.69, 9.17) is 5.84 Å². The molecular weight excluding hydrogens is 304 g/mol. The Balaban J connectivity index is 2.01. The van der Waals surface area contributed by atoms with Gasteiger partial charge in [-0.3, -0.25) is 16.0 Å². The van der Waals surface area contributed by atoms with E-state index >= 15 is 0 Å². The number of hydrogen-bond acceptors (Lipinski definition) is 3. The van der Waals surface area contributed by atoms with Crippen molar-refractivity contribution in [2.45, 2.75) is 64.5 Å². The SMILES string of the molecule is CCCn1ncc(Br)c1C(CCC1CCCC1)NN. The monoisotopic (exact) mass is 328 g/mol. The zero-order chi connectivity index (χ0) is 13.7. The standard InChI is InChI=1S/C14H25BrN4/c1-2-9-19-14(12(15)10-17-19)13(18-16)8-7-11-5-3-4-6-11/h10-11,13,18H,2-9,16H2,1H3. The van der Waals surface area contributed by atoms with Crippen LogP contribution in [0.25, 0.3) is 0 Å². The van der Waals surface area contributed by atoms with Gasteiger partial charge < -0.3 is 0 Å². The third kappa shape index (κ3) is 3.80. The summed E-state index contributed by atoms with van der Waals surface area (Å²) in [5.74, 6) is 6.67. The van der Waals surface area contributed by atoms with Crippen molar-refractivity contribution >= 4 is 15.9 Å². The van der Waals surface area contributed by atoms with Crippen LogP contribution in [-0.2, 0) is 6.54 Å². The van der Waals surface area contributed by atoms with Gasteiger partial charge in [0.2, 0.25) is 0 Å². The lowest BCUT2D eigenvalue weighted by Gasteiger charge is -2.20. The highest BCUT2D eigenvalue weighted by molar-refractivity contribution is 9.10. The van der Waals surface area contributed by atoms with Gasteiger partial charge in [-0.25, -0.2) is 0 Å². The molecule has 1 atom stereocenters. The van der Waals surface area contributed by atoms with Gasteiger partial charge in [0.1, 0.15) is 0 Å². The molecule has 108 valence electrons. The molecule has 2 rings (SSSR count). The number of nitrogens with one attached hydrogen (secondary N) is 1. The van der Waals surface area contributed by atoms with Gasteiger partial charge in [0.25, 0.3) is 0 Å². The van der Waals surface area contributed by atoms with E-state index in [1.165, 1.54) is 37.8 Å². The molecule has 3 N–H and O–H groups in total. The average molecular weight is 329 g/mol. The van der Waals surface area contributed by atoms with Crippen LogP contribution in [0.4, 0.5) is 0 Å². The zero-order valence-electron chi connectivity index (χ0n) is 11.7. The van der Waals surface area contributed by atoms with Crippen molar-refractivity contribution in [1.29, 1.82) is 0 Å². The highest BCUT2D eigenvalue weighted by Gasteiger charge is 2.22. The first-order valence-electron chi connectivity index (χ1n) is 7.43. The van der Waals surface area contributed by atoms with Crippen molar-refractivity contribution in [3.63, 3.8) is 0 Å². The molecule has 0 spiro atoms. The lowest BCUT2D eigenvalue weighted by molar-refractivity contribution is 0.394. The lowest BCUT2D eigenvalue weighted by Crippen LogP contribution is -2.30. The topological polar surface area (TPSA) is 55.9 Å². The van der Waals surface area contributed by atoms with E-state index in [9.17, 15) is 0 Å². The number of aromatic nitrogens is 2. The van der Waals surface area contributed by atoms with Crippen LogP contribution >= 0.6 is 15.9 Å². The van der Waals surface area contributed by atoms with E-state index in [1.54, 1.807) is 0 Å². The predicted octanol–water partition coefficient (Wildman–Crippen LogP) is 3.53. The normalized spacial score (nSPS) is 18.1. The average Bonchev–Trinajstić information content (AvgIpc) is 3.03. The molecule has 5 heteroatoms. The molecule has 1 aliphatic rings. The molecule has 0 radical (unpaired) electrons. The third-order valence-corrected chi connectivity index (χ3v) is 4.75. The summed E-state index contributed by atoms with van der Waals surface area (Å²) in [5, 5.41) is 4.43. The van der Waals surface area contributed by atoms with Gasteiger partial charge in [-0.05, 0) is 41.1 Å². The summed E-state index contributed by atoms with van der Waals surface area (Å²) in [6.07, 6.45) is 10.9. The van der Waals surface area contributed by atoms with Crippen LogP contribution in [0.5, 0.6) is 0 Å². The summed E-state index contributed by atoms with van der Waals surface area (Å²) in [6, 6.07) is 0.198. The maximum absolute atomic E-state index is 5.77. The van der Waals surface area contributed by atoms with E-state index in [-0.39, 0.29) is 6.04 Å². The Labute approximate surface area is 124 Å². The van der Waals surface area contributed by atoms with Crippen LogP contribution in [0.15, 0.2) is 10.7 Å². The molecule has 1 fully saturated rings. The Kier molecular flexibility index (Phi) is 5.85. The zero-order valence-corrected chi connectivity index (χ0v) is 13.3. The second kappa shape index (κ2) is 7.41. The van der Waals surface area contributed by atoms with Gasteiger partial charge in [0, 0.05) is 6.54 Å². The van der Waals surface area contributed by atoms with E-state index < -0.39 is 0 Å². The fraction of sp³-hybridized carbons (Fsp3) is 0.786. The number of hydrazine groups is 1. The summed E-state index contributed by atoms with van der Waals surface area (Å²) in [5.41, 5.74) is 4.17. The summed E-state index contributed by atoms with van der Waals surface area (Å²) >= 11 is 3.60. The van der Waals surface area contributed by atoms with Crippen LogP contribution in [0.3, 0.4) is 0 Å². The van der Waals surface area contributed by atoms with E-state index in [2.05, 4.69) is 38.1 Å². The van der Waals surface area contributed by atoms with E-state index in [0.29, 0.717) is 0 Å². The fourth-order valence-corrected chi connectivity index (χ4v) is 3.68. The van der Waals surface area contributed by atoms with Crippen LogP contribution in [0.1, 0.15) is 63.6 Å². The second-order valence-corrected chi connectivity index (χ2v) is 6.40. The molecule has 19 heavy (non-hydrogen) atoms. The molecule has 0 aliphatic heterocycles. The third-order valence-electron chi connectivity index (χ3n) is 4.14. The van der Waals surface area contributed by atoms with Crippen LogP contribution in [0.2, 0.25) is 0 Å². The van der Waals surface area contributed by atoms with Gasteiger partial charge in [-0.2, -0.15) is 5.10 Å². The maximum Gasteiger partial charge on any atom is 0.0709 e. The second-order valence-electron chi connectivity index (χ2n) is 5.55. The first kappa shape index (κ1) is 15.0. The quantitative estimate of drug-likeness (QED) is 0.594. The molecular formula is C14H25BrN4. The molecule has 1 aliphatic carbocycles. The van der Waals surface area contributed by atoms with E-state index in [1.807, 2.05) is 6.20 Å². The Morgan fingerprint density at radius 1 is 1.53 bits per heavy atom. The molecule has 1 unspecified atom stereocenters. The smallest absolute Gasteiger partial charge is 0.0709 e. The Hall–Kier alpha value is -0.390. The molecule has 0 bridgehead atoms. The summed E-state index contributed by atoms with van der Waals surface area (Å²) in [6.45, 7) is 3.12. The number of rotatable bonds is 7. The molecule has 0 saturated heterocycles. The van der Waals surface area contributed by atoms with Gasteiger partial charge in [-0.15, -0.1) is 0 Å². The van der Waals surface area contributed by atoms with Crippen molar-refractivity contribution in [2.24, 2.45) is 11.8 Å². The maximum atomic E-state index is 5.77. The van der Waals surface area contributed by atoms with Crippen molar-refractivity contribution in [3.8, 4) is 0 Å². The summed E-state index contributed by atoms with van der Waals surface area (Å²) in [4.78, 5) is 0. The minimum absolute atomic E-state index is 0.198. The van der Waals surface area contributed by atoms with Crippen LogP contribution in [-0.4, -0.2) is 9.78 Å². The van der Waals surface area contributed by atoms with Crippen LogP contribution < -0.4 is 11.3 Å². The summed E-state index contributed by atoms with van der Waals surface area (Å²) in [7, 11) is 0. The molecule has 4 nitrogen and oxygen atoms in total. The van der Waals surface area contributed by atoms with Gasteiger partial charge in [0.05, 0.1) is 22.4 Å². The highest BCUT2D eigenvalue weighted by atomic mass is 79.9. The predicted molar refractivity (Wildman–Crippen MR) is 81.5 cm³/mol. The van der Waals surface area contributed by atoms with E-state index in [0.717, 1.165) is 29.8 Å². The molecule has 0 aromatic carbocycles. The molecule has 1 aromatic rings. The number of aryl methyl sites for hydroxylation is 1. The van der Waals surface area contributed by atoms with Gasteiger partial charge in [0.15, 0.2) is 0 Å². The fourth-order valence-electron chi connectivity index (χ4n) is 3.11. The number of halogens is 1. The first-order valence-corrected chi connectivity index (χ1v) is 8.22. The van der Waals surface area contributed by atoms with Crippen molar-refractivity contribution in [1.82, 2.24) is 15.2 Å². The first-order chi connectivity index (χ1) is 9.26. The van der Waals surface area contributed by atoms with Crippen LogP contribution in [0, 0.1) is 5.92 Å². The highest BCUT2D eigenvalue weighted by Crippen LogP contribution is 2.33. The van der Waals surface area contributed by atoms with Gasteiger partial charge >= 0.3 is 0 Å². The largest absolute Gasteiger partial charge is 0.271 e. The Bertz CT molecular complexity index is 385. The minimum atomic E-state index is 0.198. The molecule has 1 aromatic heterocycles. The number of nitrogens with zero attached hydrogens (tertiary/aromatic N) is 2. The number of nitrogens with two attached hydrogens (primary N) is 1. The molecule has 1 heterocycles. The molecule has 1 saturated carbocycles.